The number of anilines is 1. The number of rotatable bonds is 5. The van der Waals surface area contributed by atoms with E-state index >= 15 is 0 Å². The Morgan fingerprint density at radius 3 is 2.85 bits per heavy atom. The summed E-state index contributed by atoms with van der Waals surface area (Å²) < 4.78 is 7.39. The Bertz CT molecular complexity index is 976. The van der Waals surface area contributed by atoms with Gasteiger partial charge < -0.3 is 14.6 Å². The number of thiophene rings is 1. The minimum absolute atomic E-state index is 0.362. The van der Waals surface area contributed by atoms with Crippen molar-refractivity contribution in [3.8, 4) is 6.07 Å². The number of carbonyl (C=O) groups excluding carboxylic acids is 2. The molecular weight excluding hydrogens is 362 g/mol. The van der Waals surface area contributed by atoms with Crippen molar-refractivity contribution < 1.29 is 14.3 Å². The number of ether oxygens (including phenoxy) is 1. The summed E-state index contributed by atoms with van der Waals surface area (Å²) in [5.41, 5.74) is 4.06. The molecule has 2 aliphatic rings. The minimum atomic E-state index is -0.487. The highest BCUT2D eigenvalue weighted by Gasteiger charge is 2.29. The van der Waals surface area contributed by atoms with Gasteiger partial charge in [0, 0.05) is 22.3 Å². The van der Waals surface area contributed by atoms with Crippen LogP contribution in [0.2, 0.25) is 0 Å². The smallest absolute Gasteiger partial charge is 0.340 e. The summed E-state index contributed by atoms with van der Waals surface area (Å²) in [6.07, 6.45) is 5.17. The van der Waals surface area contributed by atoms with Crippen LogP contribution in [0.1, 0.15) is 63.1 Å². The summed E-state index contributed by atoms with van der Waals surface area (Å²) in [6, 6.07) is 4.50. The van der Waals surface area contributed by atoms with Gasteiger partial charge in [-0.3, -0.25) is 4.79 Å². The molecule has 1 N–H and O–H groups in total. The molecule has 7 heteroatoms. The van der Waals surface area contributed by atoms with E-state index < -0.39 is 11.9 Å². The van der Waals surface area contributed by atoms with E-state index in [-0.39, 0.29) is 6.61 Å². The van der Waals surface area contributed by atoms with Crippen LogP contribution in [0.4, 0.5) is 5.00 Å². The number of amides is 1. The lowest BCUT2D eigenvalue weighted by atomic mass is 10.1. The molecule has 2 aromatic rings. The normalized spacial score (nSPS) is 15.3. The van der Waals surface area contributed by atoms with E-state index in [4.69, 9.17) is 4.74 Å². The molecule has 4 rings (SSSR count). The molecule has 1 amide bonds. The fourth-order valence-electron chi connectivity index (χ4n) is 3.86. The Hall–Kier alpha value is -2.59. The van der Waals surface area contributed by atoms with Crippen molar-refractivity contribution in [2.75, 3.05) is 11.9 Å². The third-order valence-corrected chi connectivity index (χ3v) is 6.44. The first kappa shape index (κ1) is 17.8. The maximum absolute atomic E-state index is 12.4. The molecule has 1 fully saturated rings. The van der Waals surface area contributed by atoms with Crippen LogP contribution in [-0.2, 0) is 22.4 Å². The number of fused-ring (bicyclic) bond motifs is 1. The van der Waals surface area contributed by atoms with E-state index in [1.54, 1.807) is 0 Å². The number of nitriles is 1. The Labute approximate surface area is 161 Å². The average molecular weight is 383 g/mol. The van der Waals surface area contributed by atoms with Crippen molar-refractivity contribution in [1.82, 2.24) is 4.57 Å². The second kappa shape index (κ2) is 6.86. The molecule has 0 atom stereocenters. The van der Waals surface area contributed by atoms with Gasteiger partial charge in [-0.2, -0.15) is 5.26 Å². The topological polar surface area (TPSA) is 84.1 Å². The van der Waals surface area contributed by atoms with E-state index in [0.29, 0.717) is 22.2 Å². The Morgan fingerprint density at radius 2 is 2.15 bits per heavy atom. The number of aryl methyl sites for hydroxylation is 2. The van der Waals surface area contributed by atoms with Crippen LogP contribution in [-0.4, -0.2) is 23.1 Å². The molecule has 140 valence electrons. The van der Waals surface area contributed by atoms with E-state index in [1.165, 1.54) is 16.2 Å². The lowest BCUT2D eigenvalue weighted by molar-refractivity contribution is -0.119. The van der Waals surface area contributed by atoms with Gasteiger partial charge in [0.15, 0.2) is 6.61 Å². The summed E-state index contributed by atoms with van der Waals surface area (Å²) in [6.45, 7) is 3.53. The summed E-state index contributed by atoms with van der Waals surface area (Å²) in [5, 5.41) is 12.7. The van der Waals surface area contributed by atoms with Gasteiger partial charge >= 0.3 is 5.97 Å². The lowest BCUT2D eigenvalue weighted by Gasteiger charge is -2.08. The number of nitrogens with one attached hydrogen (secondary N) is 1. The average Bonchev–Trinajstić information content (AvgIpc) is 3.15. The second-order valence-corrected chi connectivity index (χ2v) is 8.29. The zero-order valence-corrected chi connectivity index (χ0v) is 16.2. The van der Waals surface area contributed by atoms with E-state index in [9.17, 15) is 14.9 Å². The quantitative estimate of drug-likeness (QED) is 0.799. The molecule has 0 aromatic carbocycles. The molecule has 2 heterocycles. The zero-order valence-electron chi connectivity index (χ0n) is 15.4. The Morgan fingerprint density at radius 1 is 1.37 bits per heavy atom. The SMILES string of the molecule is Cc1cc(C(=O)OCC(=O)Nc2sc3c(c2C#N)CCC3)c(C)n1C1CC1. The van der Waals surface area contributed by atoms with Crippen LogP contribution in [0, 0.1) is 25.2 Å². The number of hydrogen-bond donors (Lipinski definition) is 1. The molecule has 2 aliphatic carbocycles. The molecule has 1 saturated carbocycles. The van der Waals surface area contributed by atoms with Crippen LogP contribution in [0.3, 0.4) is 0 Å². The first-order valence-electron chi connectivity index (χ1n) is 9.19. The molecule has 2 aromatic heterocycles. The highest BCUT2D eigenvalue weighted by atomic mass is 32.1. The van der Waals surface area contributed by atoms with Crippen molar-refractivity contribution >= 4 is 28.2 Å². The predicted molar refractivity (Wildman–Crippen MR) is 102 cm³/mol. The van der Waals surface area contributed by atoms with Gasteiger partial charge in [0.1, 0.15) is 11.1 Å². The van der Waals surface area contributed by atoms with E-state index in [0.717, 1.165) is 49.1 Å². The molecule has 0 bridgehead atoms. The van der Waals surface area contributed by atoms with Crippen LogP contribution in [0.25, 0.3) is 0 Å². The monoisotopic (exact) mass is 383 g/mol. The predicted octanol–water partition coefficient (Wildman–Crippen LogP) is 3.66. The molecule has 0 radical (unpaired) electrons. The van der Waals surface area contributed by atoms with E-state index in [2.05, 4.69) is 16.0 Å². The van der Waals surface area contributed by atoms with Crippen LogP contribution in [0.15, 0.2) is 6.07 Å². The summed E-state index contributed by atoms with van der Waals surface area (Å²) in [4.78, 5) is 25.8. The van der Waals surface area contributed by atoms with Gasteiger partial charge in [-0.05, 0) is 57.6 Å². The largest absolute Gasteiger partial charge is 0.452 e. The maximum Gasteiger partial charge on any atom is 0.340 e. The van der Waals surface area contributed by atoms with Crippen molar-refractivity contribution in [3.05, 3.63) is 39.0 Å². The van der Waals surface area contributed by atoms with Crippen molar-refractivity contribution in [1.29, 1.82) is 5.26 Å². The van der Waals surface area contributed by atoms with Crippen LogP contribution < -0.4 is 5.32 Å². The van der Waals surface area contributed by atoms with Gasteiger partial charge in [-0.15, -0.1) is 11.3 Å². The van der Waals surface area contributed by atoms with Crippen LogP contribution >= 0.6 is 11.3 Å². The van der Waals surface area contributed by atoms with Gasteiger partial charge in [-0.25, -0.2) is 4.79 Å². The third-order valence-electron chi connectivity index (χ3n) is 5.24. The Balaban J connectivity index is 1.39. The number of nitrogens with zero attached hydrogens (tertiary/aromatic N) is 2. The number of aromatic nitrogens is 1. The second-order valence-electron chi connectivity index (χ2n) is 7.18. The van der Waals surface area contributed by atoms with E-state index in [1.807, 2.05) is 19.9 Å². The standard InChI is InChI=1S/C20H21N3O3S/c1-11-8-15(12(2)23(11)13-6-7-13)20(25)26-10-18(24)22-19-16(9-21)14-4-3-5-17(14)27-19/h8,13H,3-7,10H2,1-2H3,(H,22,24). The minimum Gasteiger partial charge on any atom is -0.452 e. The highest BCUT2D eigenvalue weighted by molar-refractivity contribution is 7.16. The fourth-order valence-corrected chi connectivity index (χ4v) is 5.12. The summed E-state index contributed by atoms with van der Waals surface area (Å²) >= 11 is 1.45. The Kier molecular flexibility index (Phi) is 4.52. The zero-order chi connectivity index (χ0) is 19.1. The van der Waals surface area contributed by atoms with Crippen LogP contribution in [0.5, 0.6) is 0 Å². The van der Waals surface area contributed by atoms with Crippen molar-refractivity contribution in [2.24, 2.45) is 0 Å². The maximum atomic E-state index is 12.4. The molecule has 0 saturated heterocycles. The molecule has 0 spiro atoms. The molecular formula is C20H21N3O3S. The lowest BCUT2D eigenvalue weighted by Crippen LogP contribution is -2.21. The molecule has 0 aliphatic heterocycles. The third kappa shape index (κ3) is 3.26. The van der Waals surface area contributed by atoms with Gasteiger partial charge in [0.25, 0.3) is 5.91 Å². The first-order chi connectivity index (χ1) is 13.0. The number of hydrogen-bond acceptors (Lipinski definition) is 5. The summed E-state index contributed by atoms with van der Waals surface area (Å²) in [5.74, 6) is -0.907. The number of carbonyl (C=O) groups is 2. The van der Waals surface area contributed by atoms with Crippen molar-refractivity contribution in [3.63, 3.8) is 0 Å². The van der Waals surface area contributed by atoms with Gasteiger partial charge in [-0.1, -0.05) is 0 Å². The summed E-state index contributed by atoms with van der Waals surface area (Å²) in [7, 11) is 0. The number of esters is 1. The fraction of sp³-hybridized carbons (Fsp3) is 0.450. The van der Waals surface area contributed by atoms with Crippen molar-refractivity contribution in [2.45, 2.75) is 52.0 Å². The molecule has 27 heavy (non-hydrogen) atoms. The van der Waals surface area contributed by atoms with Gasteiger partial charge in [0.05, 0.1) is 11.1 Å². The molecule has 0 unspecified atom stereocenters. The molecule has 6 nitrogen and oxygen atoms in total. The van der Waals surface area contributed by atoms with Gasteiger partial charge in [0.2, 0.25) is 0 Å². The first-order valence-corrected chi connectivity index (χ1v) is 10.0. The highest BCUT2D eigenvalue weighted by Crippen LogP contribution is 2.39.